The first-order chi connectivity index (χ1) is 12.5. The van der Waals surface area contributed by atoms with Crippen LogP contribution in [0, 0.1) is 19.7 Å². The van der Waals surface area contributed by atoms with Gasteiger partial charge >= 0.3 is 5.97 Å². The highest BCUT2D eigenvalue weighted by atomic mass is 19.1. The maximum Gasteiger partial charge on any atom is 0.342 e. The number of nitrogens with zero attached hydrogens (tertiary/aromatic N) is 2. The highest BCUT2D eigenvalue weighted by Gasteiger charge is 2.23. The second-order valence-electron chi connectivity index (χ2n) is 6.56. The number of halogens is 1. The third kappa shape index (κ3) is 3.92. The largest absolute Gasteiger partial charge is 0.452 e. The second-order valence-corrected chi connectivity index (χ2v) is 6.56. The molecule has 0 radical (unpaired) electrons. The van der Waals surface area contributed by atoms with Gasteiger partial charge in [0.2, 0.25) is 0 Å². The molecule has 1 heterocycles. The van der Waals surface area contributed by atoms with Crippen molar-refractivity contribution in [3.8, 4) is 5.69 Å². The zero-order valence-electron chi connectivity index (χ0n) is 14.9. The molecule has 1 aromatic heterocycles. The molecule has 0 unspecified atom stereocenters. The summed E-state index contributed by atoms with van der Waals surface area (Å²) in [6, 6.07) is 6.01. The number of benzene rings is 1. The highest BCUT2D eigenvalue weighted by molar-refractivity contribution is 5.93. The summed E-state index contributed by atoms with van der Waals surface area (Å²) in [6.07, 6.45) is 4.18. The van der Waals surface area contributed by atoms with Gasteiger partial charge in [0.05, 0.1) is 17.1 Å². The number of hydrogen-bond donors (Lipinski definition) is 1. The Hall–Kier alpha value is -2.70. The zero-order chi connectivity index (χ0) is 18.7. The number of amides is 1. The van der Waals surface area contributed by atoms with Gasteiger partial charge in [-0.05, 0) is 51.0 Å². The Morgan fingerprint density at radius 1 is 1.23 bits per heavy atom. The van der Waals surface area contributed by atoms with Gasteiger partial charge in [-0.15, -0.1) is 0 Å². The van der Waals surface area contributed by atoms with Gasteiger partial charge in [0.1, 0.15) is 11.4 Å². The van der Waals surface area contributed by atoms with E-state index in [1.807, 2.05) is 0 Å². The van der Waals surface area contributed by atoms with E-state index in [4.69, 9.17) is 4.74 Å². The quantitative estimate of drug-likeness (QED) is 0.833. The predicted molar refractivity (Wildman–Crippen MR) is 93.7 cm³/mol. The van der Waals surface area contributed by atoms with E-state index in [0.29, 0.717) is 22.6 Å². The van der Waals surface area contributed by atoms with Gasteiger partial charge in [-0.3, -0.25) is 4.79 Å². The van der Waals surface area contributed by atoms with E-state index in [1.165, 1.54) is 12.1 Å². The molecule has 0 saturated heterocycles. The third-order valence-corrected chi connectivity index (χ3v) is 4.62. The molecule has 6 nitrogen and oxygen atoms in total. The monoisotopic (exact) mass is 359 g/mol. The SMILES string of the molecule is Cc1nn(-c2ccc(F)cc2)c(C)c1C(=O)OCC(=O)NC1CCCC1. The Morgan fingerprint density at radius 2 is 1.88 bits per heavy atom. The van der Waals surface area contributed by atoms with E-state index in [-0.39, 0.29) is 24.4 Å². The number of carbonyl (C=O) groups is 2. The van der Waals surface area contributed by atoms with Crippen LogP contribution in [0.15, 0.2) is 24.3 Å². The molecule has 1 saturated carbocycles. The highest BCUT2D eigenvalue weighted by Crippen LogP contribution is 2.20. The number of nitrogens with one attached hydrogen (secondary N) is 1. The van der Waals surface area contributed by atoms with Gasteiger partial charge in [0.25, 0.3) is 5.91 Å². The normalized spacial score (nSPS) is 14.4. The van der Waals surface area contributed by atoms with Gasteiger partial charge < -0.3 is 10.1 Å². The van der Waals surface area contributed by atoms with E-state index < -0.39 is 5.97 Å². The van der Waals surface area contributed by atoms with Crippen LogP contribution in [0.5, 0.6) is 0 Å². The van der Waals surface area contributed by atoms with Gasteiger partial charge in [-0.1, -0.05) is 12.8 Å². The minimum atomic E-state index is -0.588. The molecule has 1 amide bonds. The first kappa shape index (κ1) is 18.1. The molecule has 0 atom stereocenters. The fraction of sp³-hybridized carbons (Fsp3) is 0.421. The minimum absolute atomic E-state index is 0.186. The molecule has 1 aliphatic carbocycles. The van der Waals surface area contributed by atoms with Crippen LogP contribution >= 0.6 is 0 Å². The predicted octanol–water partition coefficient (Wildman–Crippen LogP) is 2.84. The molecule has 3 rings (SSSR count). The van der Waals surface area contributed by atoms with Crippen LogP contribution in [0.25, 0.3) is 5.69 Å². The minimum Gasteiger partial charge on any atom is -0.452 e. The van der Waals surface area contributed by atoms with E-state index in [1.54, 1.807) is 30.7 Å². The number of carbonyl (C=O) groups excluding carboxylic acids is 2. The summed E-state index contributed by atoms with van der Waals surface area (Å²) in [4.78, 5) is 24.3. The molecule has 26 heavy (non-hydrogen) atoms. The number of ether oxygens (including phenoxy) is 1. The second kappa shape index (κ2) is 7.68. The van der Waals surface area contributed by atoms with Crippen LogP contribution in [0.4, 0.5) is 4.39 Å². The number of rotatable bonds is 5. The Kier molecular flexibility index (Phi) is 5.35. The number of aromatic nitrogens is 2. The Bertz CT molecular complexity index is 808. The summed E-state index contributed by atoms with van der Waals surface area (Å²) < 4.78 is 19.8. The van der Waals surface area contributed by atoms with Crippen LogP contribution < -0.4 is 5.32 Å². The maximum atomic E-state index is 13.1. The Balaban J connectivity index is 1.67. The van der Waals surface area contributed by atoms with E-state index in [9.17, 15) is 14.0 Å². The van der Waals surface area contributed by atoms with Gasteiger partial charge in [-0.2, -0.15) is 5.10 Å². The molecule has 1 aromatic carbocycles. The van der Waals surface area contributed by atoms with Crippen molar-refractivity contribution in [2.45, 2.75) is 45.6 Å². The summed E-state index contributed by atoms with van der Waals surface area (Å²) in [5.41, 5.74) is 2.04. The van der Waals surface area contributed by atoms with E-state index in [2.05, 4.69) is 10.4 Å². The standard InChI is InChI=1S/C19H22FN3O3/c1-12-18(13(2)23(22-12)16-9-7-14(20)8-10-16)19(25)26-11-17(24)21-15-5-3-4-6-15/h7-10,15H,3-6,11H2,1-2H3,(H,21,24). The lowest BCUT2D eigenvalue weighted by Crippen LogP contribution is -2.36. The topological polar surface area (TPSA) is 73.2 Å². The summed E-state index contributed by atoms with van der Waals surface area (Å²) in [7, 11) is 0. The van der Waals surface area contributed by atoms with Crippen LogP contribution in [0.1, 0.15) is 47.4 Å². The average molecular weight is 359 g/mol. The molecule has 1 N–H and O–H groups in total. The maximum absolute atomic E-state index is 13.1. The van der Waals surface area contributed by atoms with Crippen molar-refractivity contribution in [2.24, 2.45) is 0 Å². The fourth-order valence-corrected chi connectivity index (χ4v) is 3.31. The lowest BCUT2D eigenvalue weighted by atomic mass is 10.2. The van der Waals surface area contributed by atoms with Crippen molar-refractivity contribution in [2.75, 3.05) is 6.61 Å². The average Bonchev–Trinajstić information content (AvgIpc) is 3.21. The smallest absolute Gasteiger partial charge is 0.342 e. The van der Waals surface area contributed by atoms with Crippen molar-refractivity contribution >= 4 is 11.9 Å². The van der Waals surface area contributed by atoms with Gasteiger partial charge in [0, 0.05) is 6.04 Å². The van der Waals surface area contributed by atoms with Gasteiger partial charge in [-0.25, -0.2) is 13.9 Å². The van der Waals surface area contributed by atoms with Crippen molar-refractivity contribution in [3.05, 3.63) is 47.0 Å². The fourth-order valence-electron chi connectivity index (χ4n) is 3.31. The van der Waals surface area contributed by atoms with Crippen molar-refractivity contribution < 1.29 is 18.7 Å². The summed E-state index contributed by atoms with van der Waals surface area (Å²) >= 11 is 0. The molecule has 2 aromatic rings. The summed E-state index contributed by atoms with van der Waals surface area (Å²) in [5.74, 6) is -1.22. The lowest BCUT2D eigenvalue weighted by Gasteiger charge is -2.12. The lowest BCUT2D eigenvalue weighted by molar-refractivity contribution is -0.124. The van der Waals surface area contributed by atoms with Gasteiger partial charge in [0.15, 0.2) is 6.61 Å². The zero-order valence-corrected chi connectivity index (χ0v) is 14.9. The first-order valence-corrected chi connectivity index (χ1v) is 8.74. The number of esters is 1. The molecule has 138 valence electrons. The van der Waals surface area contributed by atoms with Crippen LogP contribution in [-0.4, -0.2) is 34.3 Å². The summed E-state index contributed by atoms with van der Waals surface area (Å²) in [5, 5.41) is 7.21. The number of hydrogen-bond acceptors (Lipinski definition) is 4. The first-order valence-electron chi connectivity index (χ1n) is 8.74. The molecule has 1 fully saturated rings. The molecular formula is C19H22FN3O3. The van der Waals surface area contributed by atoms with Crippen LogP contribution in [-0.2, 0) is 9.53 Å². The molecule has 0 aliphatic heterocycles. The molecule has 0 bridgehead atoms. The van der Waals surface area contributed by atoms with Crippen LogP contribution in [0.2, 0.25) is 0 Å². The van der Waals surface area contributed by atoms with E-state index in [0.717, 1.165) is 25.7 Å². The Morgan fingerprint density at radius 3 is 2.54 bits per heavy atom. The molecule has 1 aliphatic rings. The van der Waals surface area contributed by atoms with E-state index >= 15 is 0 Å². The molecular weight excluding hydrogens is 337 g/mol. The number of aryl methyl sites for hydroxylation is 1. The molecule has 0 spiro atoms. The summed E-state index contributed by atoms with van der Waals surface area (Å²) in [6.45, 7) is 3.12. The Labute approximate surface area is 151 Å². The van der Waals surface area contributed by atoms with Crippen molar-refractivity contribution in [3.63, 3.8) is 0 Å². The molecule has 7 heteroatoms. The third-order valence-electron chi connectivity index (χ3n) is 4.62. The van der Waals surface area contributed by atoms with Crippen molar-refractivity contribution in [1.29, 1.82) is 0 Å². The van der Waals surface area contributed by atoms with Crippen molar-refractivity contribution in [1.82, 2.24) is 15.1 Å². The van der Waals surface area contributed by atoms with Crippen LogP contribution in [0.3, 0.4) is 0 Å².